The highest BCUT2D eigenvalue weighted by Gasteiger charge is 2.22. The first-order valence-electron chi connectivity index (χ1n) is 6.84. The third-order valence-electron chi connectivity index (χ3n) is 3.23. The molecule has 0 aliphatic carbocycles. The van der Waals surface area contributed by atoms with Crippen LogP contribution in [0.2, 0.25) is 0 Å². The number of carbonyl (C=O) groups excluding carboxylic acids is 1. The van der Waals surface area contributed by atoms with Gasteiger partial charge in [-0.05, 0) is 42.2 Å². The van der Waals surface area contributed by atoms with Crippen molar-refractivity contribution in [2.75, 3.05) is 0 Å². The van der Waals surface area contributed by atoms with Crippen molar-refractivity contribution >= 4 is 5.97 Å². The molecule has 0 aromatic heterocycles. The second-order valence-electron chi connectivity index (χ2n) is 6.16. The van der Waals surface area contributed by atoms with E-state index >= 15 is 0 Å². The molecule has 0 N–H and O–H groups in total. The highest BCUT2D eigenvalue weighted by Crippen LogP contribution is 2.22. The zero-order valence-electron chi connectivity index (χ0n) is 12.7. The number of carbonyl (C=O) groups is 1. The van der Waals surface area contributed by atoms with Gasteiger partial charge in [-0.15, -0.1) is 0 Å². The molecule has 2 rings (SSSR count). The van der Waals surface area contributed by atoms with Crippen molar-refractivity contribution in [1.29, 1.82) is 0 Å². The number of benzene rings is 2. The minimum atomic E-state index is -1.10. The van der Waals surface area contributed by atoms with Crippen molar-refractivity contribution in [3.05, 3.63) is 66.3 Å². The maximum absolute atomic E-state index is 11.2. The van der Waals surface area contributed by atoms with Crippen LogP contribution in [0.1, 0.15) is 42.3 Å². The molecule has 0 fully saturated rings. The molecule has 0 atom stereocenters. The van der Waals surface area contributed by atoms with Gasteiger partial charge in [0.25, 0.3) is 0 Å². The molecule has 0 unspecified atom stereocenters. The smallest absolute Gasteiger partial charge is 0.357 e. The van der Waals surface area contributed by atoms with Crippen LogP contribution in [0.4, 0.5) is 0 Å². The molecule has 0 amide bonds. The van der Waals surface area contributed by atoms with E-state index in [9.17, 15) is 9.90 Å². The summed E-state index contributed by atoms with van der Waals surface area (Å²) in [6, 6.07) is 14.1. The molecular formula is C18H19IO2. The number of aromatic carboxylic acids is 1. The highest BCUT2D eigenvalue weighted by molar-refractivity contribution is 5.85. The van der Waals surface area contributed by atoms with Gasteiger partial charge in [0.05, 0.1) is 5.97 Å². The van der Waals surface area contributed by atoms with Crippen molar-refractivity contribution in [3.8, 4) is 0 Å². The summed E-state index contributed by atoms with van der Waals surface area (Å²) in [6.07, 6.45) is 0. The fraction of sp³-hybridized carbons (Fsp3) is 0.278. The molecule has 2 aromatic carbocycles. The molecule has 0 radical (unpaired) electrons. The van der Waals surface area contributed by atoms with Gasteiger partial charge in [-0.1, -0.05) is 38.5 Å². The Morgan fingerprint density at radius 3 is 2.14 bits per heavy atom. The fourth-order valence-corrected chi connectivity index (χ4v) is 4.34. The van der Waals surface area contributed by atoms with Crippen LogP contribution in [0.3, 0.4) is 0 Å². The first-order valence-corrected chi connectivity index (χ1v) is 9.00. The van der Waals surface area contributed by atoms with E-state index in [0.29, 0.717) is 0 Å². The lowest BCUT2D eigenvalue weighted by Gasteiger charge is -2.19. The van der Waals surface area contributed by atoms with Gasteiger partial charge in [0.2, 0.25) is 0 Å². The molecule has 21 heavy (non-hydrogen) atoms. The number of hydrogen-bond acceptors (Lipinski definition) is 2. The molecule has 0 saturated carbocycles. The summed E-state index contributed by atoms with van der Waals surface area (Å²) in [4.78, 5) is 11.2. The van der Waals surface area contributed by atoms with Gasteiger partial charge in [0, 0.05) is 11.6 Å². The molecular weight excluding hydrogens is 375 g/mol. The second kappa shape index (κ2) is 6.18. The van der Waals surface area contributed by atoms with Crippen molar-refractivity contribution in [2.45, 2.75) is 33.1 Å². The lowest BCUT2D eigenvalue weighted by Crippen LogP contribution is -3.61. The minimum Gasteiger partial charge on any atom is -0.545 e. The standard InChI is InChI=1S/C18H19IO2/c1-12-5-7-15(8-6-12)19-16-10-13(17(20)21)9-14(11-16)18(2,3)4/h5-11H,1-4H3. The minimum absolute atomic E-state index is 0.0722. The topological polar surface area (TPSA) is 40.1 Å². The lowest BCUT2D eigenvalue weighted by atomic mass is 9.86. The zero-order valence-corrected chi connectivity index (χ0v) is 14.9. The predicted molar refractivity (Wildman–Crippen MR) is 78.0 cm³/mol. The molecule has 0 spiro atoms. The van der Waals surface area contributed by atoms with Gasteiger partial charge in [-0.3, -0.25) is 0 Å². The average molecular weight is 394 g/mol. The van der Waals surface area contributed by atoms with E-state index in [2.05, 4.69) is 58.0 Å². The molecule has 110 valence electrons. The van der Waals surface area contributed by atoms with Crippen molar-refractivity contribution in [1.82, 2.24) is 0 Å². The van der Waals surface area contributed by atoms with Crippen LogP contribution in [0.5, 0.6) is 0 Å². The Balaban J connectivity index is 2.40. The van der Waals surface area contributed by atoms with Gasteiger partial charge in [0.15, 0.2) is 7.14 Å². The molecule has 0 aliphatic rings. The quantitative estimate of drug-likeness (QED) is 0.676. The largest absolute Gasteiger partial charge is 0.545 e. The monoisotopic (exact) mass is 394 g/mol. The maximum Gasteiger partial charge on any atom is 0.357 e. The number of halogens is 1. The van der Waals surface area contributed by atoms with Crippen LogP contribution in [0, 0.1) is 14.1 Å². The van der Waals surface area contributed by atoms with E-state index in [4.69, 9.17) is 0 Å². The van der Waals surface area contributed by atoms with Crippen LogP contribution in [0.15, 0.2) is 42.5 Å². The summed E-state index contributed by atoms with van der Waals surface area (Å²) in [5.74, 6) is -1.10. The maximum atomic E-state index is 11.2. The third-order valence-corrected chi connectivity index (χ3v) is 5.82. The Bertz CT molecular complexity index is 652. The van der Waals surface area contributed by atoms with Crippen LogP contribution in [0.25, 0.3) is 0 Å². The van der Waals surface area contributed by atoms with E-state index in [1.165, 1.54) is 9.13 Å². The van der Waals surface area contributed by atoms with E-state index in [1.807, 2.05) is 0 Å². The number of hydrogen-bond donors (Lipinski definition) is 0. The molecule has 0 heterocycles. The zero-order chi connectivity index (χ0) is 15.6. The Morgan fingerprint density at radius 1 is 1.00 bits per heavy atom. The van der Waals surface area contributed by atoms with Gasteiger partial charge in [-0.25, -0.2) is 0 Å². The normalized spacial score (nSPS) is 11.4. The Labute approximate surface area is 136 Å². The summed E-state index contributed by atoms with van der Waals surface area (Å²) < 4.78 is 2.40. The number of aryl methyl sites for hydroxylation is 1. The Kier molecular flexibility index (Phi) is 4.71. The van der Waals surface area contributed by atoms with Crippen LogP contribution < -0.4 is 26.3 Å². The third kappa shape index (κ3) is 4.30. The van der Waals surface area contributed by atoms with Crippen LogP contribution >= 0.6 is 0 Å². The van der Waals surface area contributed by atoms with Crippen molar-refractivity contribution < 1.29 is 31.1 Å². The molecule has 2 nitrogen and oxygen atoms in total. The second-order valence-corrected chi connectivity index (χ2v) is 9.19. The molecule has 0 aliphatic heterocycles. The summed E-state index contributed by atoms with van der Waals surface area (Å²) in [7, 11) is 0. The SMILES string of the molecule is Cc1ccc([I+]c2cc(C(=O)[O-])cc(C(C)(C)C)c2)cc1. The molecule has 0 saturated heterocycles. The number of carboxylic acid groups (broad SMARTS) is 1. The summed E-state index contributed by atoms with van der Waals surface area (Å²) in [5.41, 5.74) is 2.49. The summed E-state index contributed by atoms with van der Waals surface area (Å²) in [6.45, 7) is 8.34. The van der Waals surface area contributed by atoms with E-state index in [0.717, 1.165) is 9.13 Å². The Morgan fingerprint density at radius 2 is 1.62 bits per heavy atom. The van der Waals surface area contributed by atoms with Gasteiger partial charge in [0.1, 0.15) is 0 Å². The van der Waals surface area contributed by atoms with E-state index in [1.54, 1.807) is 12.1 Å². The Hall–Kier alpha value is -1.36. The fourth-order valence-electron chi connectivity index (χ4n) is 1.92. The van der Waals surface area contributed by atoms with Gasteiger partial charge < -0.3 is 9.90 Å². The first kappa shape index (κ1) is 16.0. The number of carboxylic acids is 1. The van der Waals surface area contributed by atoms with E-state index in [-0.39, 0.29) is 32.2 Å². The summed E-state index contributed by atoms with van der Waals surface area (Å²) in [5, 5.41) is 11.2. The van der Waals surface area contributed by atoms with E-state index < -0.39 is 5.97 Å². The summed E-state index contributed by atoms with van der Waals surface area (Å²) >= 11 is -0.383. The average Bonchev–Trinajstić information content (AvgIpc) is 2.40. The molecule has 0 bridgehead atoms. The van der Waals surface area contributed by atoms with Gasteiger partial charge >= 0.3 is 21.2 Å². The first-order chi connectivity index (χ1) is 9.75. The van der Waals surface area contributed by atoms with Crippen LogP contribution in [-0.4, -0.2) is 5.97 Å². The highest BCUT2D eigenvalue weighted by atomic mass is 127. The lowest BCUT2D eigenvalue weighted by molar-refractivity contribution is -0.597. The van der Waals surface area contributed by atoms with Gasteiger partial charge in [-0.2, -0.15) is 0 Å². The predicted octanol–water partition coefficient (Wildman–Crippen LogP) is -0.216. The molecule has 2 aromatic rings. The number of rotatable bonds is 3. The van der Waals surface area contributed by atoms with Crippen molar-refractivity contribution in [3.63, 3.8) is 0 Å². The van der Waals surface area contributed by atoms with Crippen molar-refractivity contribution in [2.24, 2.45) is 0 Å². The van der Waals surface area contributed by atoms with Crippen LogP contribution in [-0.2, 0) is 5.41 Å². The molecule has 3 heteroatoms.